The molecule has 0 unspecified atom stereocenters. The Morgan fingerprint density at radius 1 is 0.862 bits per heavy atom. The van der Waals surface area contributed by atoms with Crippen molar-refractivity contribution in [1.29, 1.82) is 0 Å². The average molecular weight is 390 g/mol. The van der Waals surface area contributed by atoms with E-state index in [0.29, 0.717) is 5.56 Å². The highest BCUT2D eigenvalue weighted by atomic mass is 16.4. The molecule has 0 aromatic heterocycles. The Bertz CT molecular complexity index is 1030. The van der Waals surface area contributed by atoms with Crippen molar-refractivity contribution in [2.45, 2.75) is 25.4 Å². The van der Waals surface area contributed by atoms with Crippen LogP contribution in [0.5, 0.6) is 0 Å². The van der Waals surface area contributed by atoms with Crippen molar-refractivity contribution in [2.24, 2.45) is 0 Å². The standard InChI is InChI=1S/C23H22N2O4/c1-15(21(26)25-20(23(28)29)14-16-8-3-2-4-9-16)24-22(27)19-13-7-11-17-10-5-6-12-18(17)19/h2-13,15,20H,14H2,1H3,(H,24,27)(H,25,26)(H,28,29)/t15-,20-/m0/s1. The fraction of sp³-hybridized carbons (Fsp3) is 0.174. The molecular formula is C23H22N2O4. The van der Waals surface area contributed by atoms with Crippen LogP contribution in [0.2, 0.25) is 0 Å². The van der Waals surface area contributed by atoms with Gasteiger partial charge in [0.1, 0.15) is 12.1 Å². The van der Waals surface area contributed by atoms with Gasteiger partial charge >= 0.3 is 5.97 Å². The van der Waals surface area contributed by atoms with Crippen LogP contribution in [-0.4, -0.2) is 35.0 Å². The second kappa shape index (κ2) is 9.01. The van der Waals surface area contributed by atoms with Gasteiger partial charge in [-0.3, -0.25) is 9.59 Å². The predicted molar refractivity (Wildman–Crippen MR) is 111 cm³/mol. The molecule has 0 bridgehead atoms. The van der Waals surface area contributed by atoms with Crippen LogP contribution < -0.4 is 10.6 Å². The summed E-state index contributed by atoms with van der Waals surface area (Å²) < 4.78 is 0. The first-order valence-corrected chi connectivity index (χ1v) is 9.31. The Morgan fingerprint density at radius 2 is 1.52 bits per heavy atom. The molecule has 0 saturated carbocycles. The van der Waals surface area contributed by atoms with E-state index < -0.39 is 24.0 Å². The lowest BCUT2D eigenvalue weighted by atomic mass is 10.0. The molecule has 2 atom stereocenters. The van der Waals surface area contributed by atoms with E-state index in [2.05, 4.69) is 10.6 Å². The number of carbonyl (C=O) groups is 3. The lowest BCUT2D eigenvalue weighted by Gasteiger charge is -2.19. The molecule has 6 heteroatoms. The Balaban J connectivity index is 1.67. The Hall–Kier alpha value is -3.67. The van der Waals surface area contributed by atoms with Crippen LogP contribution in [0, 0.1) is 0 Å². The third-order valence-electron chi connectivity index (χ3n) is 4.67. The minimum Gasteiger partial charge on any atom is -0.480 e. The second-order valence-corrected chi connectivity index (χ2v) is 6.81. The summed E-state index contributed by atoms with van der Waals surface area (Å²) in [5.74, 6) is -2.07. The molecule has 0 aliphatic heterocycles. The van der Waals surface area contributed by atoms with Crippen LogP contribution in [0.3, 0.4) is 0 Å². The molecule has 148 valence electrons. The molecule has 3 N–H and O–H groups in total. The maximum absolute atomic E-state index is 12.7. The van der Waals surface area contributed by atoms with E-state index in [4.69, 9.17) is 0 Å². The molecule has 3 aromatic carbocycles. The van der Waals surface area contributed by atoms with E-state index in [1.54, 1.807) is 24.3 Å². The monoisotopic (exact) mass is 390 g/mol. The van der Waals surface area contributed by atoms with Crippen molar-refractivity contribution >= 4 is 28.6 Å². The van der Waals surface area contributed by atoms with E-state index in [1.807, 2.05) is 48.5 Å². The van der Waals surface area contributed by atoms with E-state index in [-0.39, 0.29) is 12.3 Å². The number of carboxylic acid groups (broad SMARTS) is 1. The number of hydrogen-bond donors (Lipinski definition) is 3. The Morgan fingerprint density at radius 3 is 2.24 bits per heavy atom. The Kier molecular flexibility index (Phi) is 6.24. The molecule has 3 aromatic rings. The number of nitrogens with one attached hydrogen (secondary N) is 2. The number of benzene rings is 3. The Labute approximate surface area is 168 Å². The SMILES string of the molecule is C[C@H](NC(=O)c1cccc2ccccc12)C(=O)N[C@@H](Cc1ccccc1)C(=O)O. The van der Waals surface area contributed by atoms with Gasteiger partial charge in [0.25, 0.3) is 5.91 Å². The first kappa shape index (κ1) is 20.1. The van der Waals surface area contributed by atoms with Crippen LogP contribution in [0.15, 0.2) is 72.8 Å². The predicted octanol–water partition coefficient (Wildman–Crippen LogP) is 2.77. The van der Waals surface area contributed by atoms with E-state index in [9.17, 15) is 19.5 Å². The summed E-state index contributed by atoms with van der Waals surface area (Å²) in [5.41, 5.74) is 1.26. The smallest absolute Gasteiger partial charge is 0.326 e. The molecule has 0 saturated heterocycles. The molecular weight excluding hydrogens is 368 g/mol. The number of aliphatic carboxylic acids is 1. The van der Waals surface area contributed by atoms with Crippen LogP contribution in [-0.2, 0) is 16.0 Å². The molecule has 6 nitrogen and oxygen atoms in total. The molecule has 0 spiro atoms. The number of amides is 2. The number of fused-ring (bicyclic) bond motifs is 1. The van der Waals surface area contributed by atoms with Gasteiger partial charge in [-0.2, -0.15) is 0 Å². The summed E-state index contributed by atoms with van der Waals surface area (Å²) in [6.07, 6.45) is 0.159. The van der Waals surface area contributed by atoms with Gasteiger partial charge in [-0.25, -0.2) is 4.79 Å². The van der Waals surface area contributed by atoms with Gasteiger partial charge in [-0.1, -0.05) is 66.7 Å². The summed E-state index contributed by atoms with van der Waals surface area (Å²) >= 11 is 0. The maximum Gasteiger partial charge on any atom is 0.326 e. The minimum atomic E-state index is -1.13. The van der Waals surface area contributed by atoms with Gasteiger partial charge in [0.15, 0.2) is 0 Å². The highest BCUT2D eigenvalue weighted by Crippen LogP contribution is 2.18. The molecule has 29 heavy (non-hydrogen) atoms. The third-order valence-corrected chi connectivity index (χ3v) is 4.67. The highest BCUT2D eigenvalue weighted by Gasteiger charge is 2.24. The molecule has 0 radical (unpaired) electrons. The van der Waals surface area contributed by atoms with Crippen LogP contribution in [0.4, 0.5) is 0 Å². The number of carbonyl (C=O) groups excluding carboxylic acids is 2. The van der Waals surface area contributed by atoms with Gasteiger partial charge < -0.3 is 15.7 Å². The minimum absolute atomic E-state index is 0.159. The molecule has 3 rings (SSSR count). The first-order valence-electron chi connectivity index (χ1n) is 9.31. The van der Waals surface area contributed by atoms with Gasteiger partial charge in [-0.15, -0.1) is 0 Å². The van der Waals surface area contributed by atoms with Crippen molar-refractivity contribution in [3.63, 3.8) is 0 Å². The van der Waals surface area contributed by atoms with Crippen LogP contribution in [0.1, 0.15) is 22.8 Å². The van der Waals surface area contributed by atoms with Crippen molar-refractivity contribution < 1.29 is 19.5 Å². The molecule has 0 fully saturated rings. The van der Waals surface area contributed by atoms with Crippen LogP contribution in [0.25, 0.3) is 10.8 Å². The van der Waals surface area contributed by atoms with Gasteiger partial charge in [0.05, 0.1) is 0 Å². The van der Waals surface area contributed by atoms with E-state index in [1.165, 1.54) is 6.92 Å². The third kappa shape index (κ3) is 4.99. The zero-order valence-corrected chi connectivity index (χ0v) is 16.0. The maximum atomic E-state index is 12.7. The number of hydrogen-bond acceptors (Lipinski definition) is 3. The average Bonchev–Trinajstić information content (AvgIpc) is 2.73. The second-order valence-electron chi connectivity index (χ2n) is 6.81. The van der Waals surface area contributed by atoms with Crippen LogP contribution >= 0.6 is 0 Å². The summed E-state index contributed by atoms with van der Waals surface area (Å²) in [5, 5.41) is 16.3. The zero-order chi connectivity index (χ0) is 20.8. The summed E-state index contributed by atoms with van der Waals surface area (Å²) in [6.45, 7) is 1.53. The number of rotatable bonds is 7. The largest absolute Gasteiger partial charge is 0.480 e. The highest BCUT2D eigenvalue weighted by molar-refractivity contribution is 6.08. The van der Waals surface area contributed by atoms with Crippen molar-refractivity contribution in [3.05, 3.63) is 83.9 Å². The molecule has 2 amide bonds. The summed E-state index contributed by atoms with van der Waals surface area (Å²) in [4.78, 5) is 36.7. The fourth-order valence-electron chi connectivity index (χ4n) is 3.11. The van der Waals surface area contributed by atoms with Crippen molar-refractivity contribution in [3.8, 4) is 0 Å². The number of carboxylic acids is 1. The molecule has 0 heterocycles. The lowest BCUT2D eigenvalue weighted by molar-refractivity contribution is -0.142. The van der Waals surface area contributed by atoms with Crippen molar-refractivity contribution in [1.82, 2.24) is 10.6 Å². The summed E-state index contributed by atoms with van der Waals surface area (Å²) in [7, 11) is 0. The van der Waals surface area contributed by atoms with E-state index in [0.717, 1.165) is 16.3 Å². The summed E-state index contributed by atoms with van der Waals surface area (Å²) in [6, 6.07) is 19.9. The van der Waals surface area contributed by atoms with Gasteiger partial charge in [0.2, 0.25) is 5.91 Å². The normalized spacial score (nSPS) is 12.7. The van der Waals surface area contributed by atoms with Gasteiger partial charge in [0, 0.05) is 12.0 Å². The lowest BCUT2D eigenvalue weighted by Crippen LogP contribution is -2.51. The molecule has 0 aliphatic rings. The molecule has 0 aliphatic carbocycles. The topological polar surface area (TPSA) is 95.5 Å². The fourth-order valence-corrected chi connectivity index (χ4v) is 3.11. The quantitative estimate of drug-likeness (QED) is 0.578. The van der Waals surface area contributed by atoms with Gasteiger partial charge in [-0.05, 0) is 29.3 Å². The first-order chi connectivity index (χ1) is 14.0. The van der Waals surface area contributed by atoms with Crippen molar-refractivity contribution in [2.75, 3.05) is 0 Å². The van der Waals surface area contributed by atoms with E-state index >= 15 is 0 Å². The zero-order valence-electron chi connectivity index (χ0n) is 16.0.